The number of fused-ring (bicyclic) bond motifs is 1. The number of ether oxygens (including phenoxy) is 3. The third-order valence-electron chi connectivity index (χ3n) is 4.99. The summed E-state index contributed by atoms with van der Waals surface area (Å²) >= 11 is 0. The second-order valence-corrected chi connectivity index (χ2v) is 6.28. The van der Waals surface area contributed by atoms with Gasteiger partial charge in [0.25, 0.3) is 0 Å². The zero-order chi connectivity index (χ0) is 14.6. The van der Waals surface area contributed by atoms with Crippen LogP contribution in [0, 0.1) is 5.41 Å². The fourth-order valence-corrected chi connectivity index (χ4v) is 3.93. The molecule has 4 saturated heterocycles. The molecule has 6 heteroatoms. The van der Waals surface area contributed by atoms with Crippen molar-refractivity contribution in [2.45, 2.75) is 70.7 Å². The molecule has 0 aliphatic carbocycles. The molecule has 0 aromatic heterocycles. The second kappa shape index (κ2) is 4.16. The van der Waals surface area contributed by atoms with E-state index in [1.54, 1.807) is 6.92 Å². The summed E-state index contributed by atoms with van der Waals surface area (Å²) in [6.07, 6.45) is 2.44. The lowest BCUT2D eigenvalue weighted by Gasteiger charge is -2.60. The van der Waals surface area contributed by atoms with E-state index >= 15 is 0 Å². The molecule has 4 heterocycles. The van der Waals surface area contributed by atoms with Gasteiger partial charge in [0, 0.05) is 12.8 Å². The topological polar surface area (TPSA) is 63.2 Å². The third kappa shape index (κ3) is 1.68. The Morgan fingerprint density at radius 3 is 2.25 bits per heavy atom. The molecule has 0 aromatic rings. The molecule has 0 saturated carbocycles. The summed E-state index contributed by atoms with van der Waals surface area (Å²) in [7, 11) is 0. The number of rotatable bonds is 4. The van der Waals surface area contributed by atoms with Crippen molar-refractivity contribution in [1.29, 1.82) is 0 Å². The Morgan fingerprint density at radius 1 is 1.10 bits per heavy atom. The minimum atomic E-state index is -0.889. The van der Waals surface area contributed by atoms with Gasteiger partial charge in [-0.15, -0.1) is 0 Å². The van der Waals surface area contributed by atoms with E-state index in [1.807, 2.05) is 20.8 Å². The Kier molecular flexibility index (Phi) is 2.97. The summed E-state index contributed by atoms with van der Waals surface area (Å²) in [6, 6.07) is 0. The van der Waals surface area contributed by atoms with Crippen molar-refractivity contribution in [3.63, 3.8) is 0 Å². The number of carbonyl (C=O) groups is 1. The summed E-state index contributed by atoms with van der Waals surface area (Å²) in [5, 5.41) is 0. The number of hydrogen-bond donors (Lipinski definition) is 0. The Labute approximate surface area is 118 Å². The average Bonchev–Trinajstić information content (AvgIpc) is 2.49. The van der Waals surface area contributed by atoms with E-state index < -0.39 is 22.8 Å². The summed E-state index contributed by atoms with van der Waals surface area (Å²) in [5.74, 6) is -2.68. The molecular formula is C14H22O6. The van der Waals surface area contributed by atoms with Crippen molar-refractivity contribution in [3.05, 3.63) is 0 Å². The van der Waals surface area contributed by atoms with Crippen LogP contribution in [-0.4, -0.2) is 29.9 Å². The third-order valence-corrected chi connectivity index (χ3v) is 4.99. The van der Waals surface area contributed by atoms with Crippen LogP contribution in [0.5, 0.6) is 0 Å². The molecule has 114 valence electrons. The first-order valence-electron chi connectivity index (χ1n) is 7.21. The number of carbonyl (C=O) groups excluding carboxylic acids is 1. The van der Waals surface area contributed by atoms with Crippen molar-refractivity contribution in [1.82, 2.24) is 0 Å². The largest absolute Gasteiger partial charge is 0.466 e. The molecule has 0 amide bonds. The molecule has 4 bridgehead atoms. The van der Waals surface area contributed by atoms with Crippen LogP contribution in [0.4, 0.5) is 0 Å². The SMILES string of the molecule is CCOC(=O)CCC12CCC3(C)O[C@]1(C)OO[C@]2(C)O3. The van der Waals surface area contributed by atoms with Gasteiger partial charge in [-0.2, -0.15) is 9.78 Å². The summed E-state index contributed by atoms with van der Waals surface area (Å²) < 4.78 is 17.0. The predicted octanol–water partition coefficient (Wildman–Crippen LogP) is 2.27. The second-order valence-electron chi connectivity index (χ2n) is 6.28. The van der Waals surface area contributed by atoms with Crippen LogP contribution in [0.15, 0.2) is 0 Å². The van der Waals surface area contributed by atoms with Gasteiger partial charge in [-0.05, 0) is 40.5 Å². The van der Waals surface area contributed by atoms with Gasteiger partial charge in [0.05, 0.1) is 12.0 Å². The zero-order valence-corrected chi connectivity index (χ0v) is 12.5. The molecule has 4 aliphatic rings. The molecule has 20 heavy (non-hydrogen) atoms. The van der Waals surface area contributed by atoms with Crippen LogP contribution in [0.1, 0.15) is 53.4 Å². The average molecular weight is 286 g/mol. The summed E-state index contributed by atoms with van der Waals surface area (Å²) in [5.41, 5.74) is -0.496. The first-order valence-corrected chi connectivity index (χ1v) is 7.21. The molecule has 0 spiro atoms. The standard InChI is InChI=1S/C14H22O6/c1-5-16-10(15)6-7-14-9-8-11(2)17-12(14,3)19-20-13(14,4)18-11/h5-9H2,1-4H3/t11?,12-,13+,14?. The highest BCUT2D eigenvalue weighted by Crippen LogP contribution is 2.68. The molecule has 6 nitrogen and oxygen atoms in total. The first kappa shape index (κ1) is 14.3. The Bertz CT molecular complexity index is 415. The molecule has 2 unspecified atom stereocenters. The lowest BCUT2D eigenvalue weighted by molar-refractivity contribution is -0.455. The van der Waals surface area contributed by atoms with E-state index in [2.05, 4.69) is 0 Å². The van der Waals surface area contributed by atoms with Crippen molar-refractivity contribution in [2.75, 3.05) is 6.61 Å². The van der Waals surface area contributed by atoms with Gasteiger partial charge in [0.1, 0.15) is 0 Å². The maximum Gasteiger partial charge on any atom is 0.305 e. The lowest BCUT2D eigenvalue weighted by atomic mass is 9.63. The minimum Gasteiger partial charge on any atom is -0.466 e. The maximum atomic E-state index is 11.7. The molecule has 4 aliphatic heterocycles. The van der Waals surface area contributed by atoms with Gasteiger partial charge in [-0.3, -0.25) is 4.79 Å². The normalized spacial score (nSPS) is 49.4. The monoisotopic (exact) mass is 286 g/mol. The fourth-order valence-electron chi connectivity index (χ4n) is 3.93. The van der Waals surface area contributed by atoms with Gasteiger partial charge in [0.15, 0.2) is 5.79 Å². The molecule has 0 N–H and O–H groups in total. The predicted molar refractivity (Wildman–Crippen MR) is 67.1 cm³/mol. The zero-order valence-electron chi connectivity index (χ0n) is 12.5. The van der Waals surface area contributed by atoms with Crippen LogP contribution in [0.25, 0.3) is 0 Å². The van der Waals surface area contributed by atoms with Gasteiger partial charge < -0.3 is 14.2 Å². The van der Waals surface area contributed by atoms with Crippen LogP contribution in [0.3, 0.4) is 0 Å². The van der Waals surface area contributed by atoms with Crippen LogP contribution in [-0.2, 0) is 28.8 Å². The quantitative estimate of drug-likeness (QED) is 0.583. The van der Waals surface area contributed by atoms with Gasteiger partial charge in [0.2, 0.25) is 11.6 Å². The molecule has 0 radical (unpaired) electrons. The van der Waals surface area contributed by atoms with E-state index in [1.165, 1.54) is 0 Å². The smallest absolute Gasteiger partial charge is 0.305 e. The van der Waals surface area contributed by atoms with E-state index in [4.69, 9.17) is 24.0 Å². The van der Waals surface area contributed by atoms with E-state index in [-0.39, 0.29) is 5.97 Å². The Balaban J connectivity index is 1.85. The van der Waals surface area contributed by atoms with Crippen molar-refractivity contribution < 1.29 is 28.8 Å². The highest BCUT2D eigenvalue weighted by Gasteiger charge is 2.78. The molecular weight excluding hydrogens is 264 g/mol. The molecule has 4 fully saturated rings. The maximum absolute atomic E-state index is 11.7. The first-order chi connectivity index (χ1) is 9.28. The highest BCUT2D eigenvalue weighted by molar-refractivity contribution is 5.69. The van der Waals surface area contributed by atoms with Gasteiger partial charge >= 0.3 is 5.97 Å². The van der Waals surface area contributed by atoms with Crippen molar-refractivity contribution in [3.8, 4) is 0 Å². The van der Waals surface area contributed by atoms with Crippen molar-refractivity contribution >= 4 is 5.97 Å². The highest BCUT2D eigenvalue weighted by atomic mass is 17.3. The van der Waals surface area contributed by atoms with Gasteiger partial charge in [-0.25, -0.2) is 0 Å². The number of esters is 1. The molecule has 4 atom stereocenters. The van der Waals surface area contributed by atoms with Crippen LogP contribution < -0.4 is 0 Å². The lowest BCUT2D eigenvalue weighted by Crippen LogP contribution is -2.70. The summed E-state index contributed by atoms with van der Waals surface area (Å²) in [6.45, 7) is 7.81. The number of hydrogen-bond acceptors (Lipinski definition) is 6. The van der Waals surface area contributed by atoms with Crippen LogP contribution in [0.2, 0.25) is 0 Å². The van der Waals surface area contributed by atoms with Crippen molar-refractivity contribution in [2.24, 2.45) is 5.41 Å². The Morgan fingerprint density at radius 2 is 1.70 bits per heavy atom. The summed E-state index contributed by atoms with van der Waals surface area (Å²) in [4.78, 5) is 22.6. The van der Waals surface area contributed by atoms with Gasteiger partial charge in [-0.1, -0.05) is 0 Å². The molecule has 0 aromatic carbocycles. The Hall–Kier alpha value is -0.690. The van der Waals surface area contributed by atoms with E-state index in [0.29, 0.717) is 19.4 Å². The van der Waals surface area contributed by atoms with E-state index in [9.17, 15) is 4.79 Å². The minimum absolute atomic E-state index is 0.215. The fraction of sp³-hybridized carbons (Fsp3) is 0.929. The van der Waals surface area contributed by atoms with Crippen LogP contribution >= 0.6 is 0 Å². The van der Waals surface area contributed by atoms with E-state index in [0.717, 1.165) is 12.8 Å². The molecule has 4 rings (SSSR count).